The van der Waals surface area contributed by atoms with E-state index in [2.05, 4.69) is 139 Å². The van der Waals surface area contributed by atoms with Crippen LogP contribution in [-0.2, 0) is 16.2 Å². The maximum atomic E-state index is 12.6. The summed E-state index contributed by atoms with van der Waals surface area (Å²) in [6.07, 6.45) is -0.332. The molecule has 0 atom stereocenters. The van der Waals surface area contributed by atoms with Gasteiger partial charge >= 0.3 is 0 Å². The van der Waals surface area contributed by atoms with Crippen molar-refractivity contribution in [3.63, 3.8) is 0 Å². The average molecular weight is 856 g/mol. The minimum Gasteiger partial charge on any atom is -0.507 e. The summed E-state index contributed by atoms with van der Waals surface area (Å²) in [5.41, 5.74) is 11.9. The zero-order valence-electron chi connectivity index (χ0n) is 44.7. The minimum absolute atomic E-state index is 0.0769. The highest BCUT2D eigenvalue weighted by atomic mass is 16.3. The monoisotopic (exact) mass is 856 g/mol. The molecular weight excluding hydrogens is 791 g/mol. The van der Waals surface area contributed by atoms with Crippen molar-refractivity contribution >= 4 is 11.0 Å². The molecule has 0 spiro atoms. The molecular formula is C61H59N3O. The van der Waals surface area contributed by atoms with E-state index in [4.69, 9.17) is 11.8 Å². The van der Waals surface area contributed by atoms with E-state index in [1.54, 1.807) is 12.1 Å². The van der Waals surface area contributed by atoms with Crippen LogP contribution in [0.25, 0.3) is 83.9 Å². The van der Waals surface area contributed by atoms with E-state index >= 15 is 0 Å². The van der Waals surface area contributed by atoms with E-state index in [9.17, 15) is 6.48 Å². The van der Waals surface area contributed by atoms with Gasteiger partial charge in [0.05, 0.1) is 32.1 Å². The predicted octanol–water partition coefficient (Wildman–Crippen LogP) is 16.3. The molecule has 9 rings (SSSR count). The van der Waals surface area contributed by atoms with Crippen LogP contribution in [0, 0.1) is 6.85 Å². The normalized spacial score (nSPS) is 13.7. The van der Waals surface area contributed by atoms with E-state index in [0.29, 0.717) is 28.0 Å². The Kier molecular flexibility index (Phi) is 9.22. The Morgan fingerprint density at radius 2 is 1.17 bits per heavy atom. The summed E-state index contributed by atoms with van der Waals surface area (Å²) in [6, 6.07) is 49.2. The van der Waals surface area contributed by atoms with Gasteiger partial charge in [0.25, 0.3) is 0 Å². The molecule has 0 saturated heterocycles. The number of imidazole rings is 1. The van der Waals surface area contributed by atoms with Gasteiger partial charge in [-0.15, -0.1) is 0 Å². The predicted molar refractivity (Wildman–Crippen MR) is 274 cm³/mol. The standard InChI is InChI=1S/C61H59N3O/c1-39-19-17-24-42(31-39)43-29-30-62-53(35-43)46-33-44(40-20-13-11-14-21-40)32-45(34-46)49-25-18-26-55-56(49)63-58(51-37-48(60(5,6)7)38-52(57(51)65)61(8,9)10)64(55)54-28-27-47(59(2,3)4)36-50(54)41-22-15-12-16-23-41/h11-38,65H,1-10H3/i1D3,29D,30D,35D. The van der Waals surface area contributed by atoms with Crippen molar-refractivity contribution in [3.8, 4) is 78.6 Å². The van der Waals surface area contributed by atoms with Gasteiger partial charge in [-0.1, -0.05) is 177 Å². The smallest absolute Gasteiger partial charge is 0.149 e. The topological polar surface area (TPSA) is 50.9 Å². The third-order valence-electron chi connectivity index (χ3n) is 12.3. The van der Waals surface area contributed by atoms with Crippen molar-refractivity contribution in [2.45, 2.75) is 85.4 Å². The molecule has 0 saturated carbocycles. The number of para-hydroxylation sites is 1. The van der Waals surface area contributed by atoms with E-state index < -0.39 is 12.3 Å². The van der Waals surface area contributed by atoms with Gasteiger partial charge in [0, 0.05) is 32.5 Å². The first-order chi connectivity index (χ1) is 33.4. The van der Waals surface area contributed by atoms with Gasteiger partial charge in [-0.3, -0.25) is 9.55 Å². The lowest BCUT2D eigenvalue weighted by molar-refractivity contribution is 0.446. The number of fused-ring (bicyclic) bond motifs is 1. The summed E-state index contributed by atoms with van der Waals surface area (Å²) in [5, 5.41) is 12.6. The van der Waals surface area contributed by atoms with E-state index in [1.807, 2.05) is 60.7 Å². The van der Waals surface area contributed by atoms with Gasteiger partial charge in [-0.2, -0.15) is 0 Å². The molecule has 0 aliphatic heterocycles. The third-order valence-corrected chi connectivity index (χ3v) is 12.3. The van der Waals surface area contributed by atoms with Gasteiger partial charge in [0.2, 0.25) is 0 Å². The summed E-state index contributed by atoms with van der Waals surface area (Å²) in [6.45, 7) is 17.1. The number of aromatic hydroxyl groups is 1. The van der Waals surface area contributed by atoms with E-state index in [-0.39, 0.29) is 51.7 Å². The number of rotatable bonds is 7. The Hall–Kier alpha value is -7.04. The van der Waals surface area contributed by atoms with Gasteiger partial charge in [0.15, 0.2) is 0 Å². The first kappa shape index (κ1) is 36.3. The molecule has 0 radical (unpaired) electrons. The fraction of sp³-hybridized carbons (Fsp3) is 0.213. The lowest BCUT2D eigenvalue weighted by Crippen LogP contribution is -2.17. The summed E-state index contributed by atoms with van der Waals surface area (Å²) in [5.74, 6) is 0.744. The number of aryl methyl sites for hydroxylation is 1. The fourth-order valence-electron chi connectivity index (χ4n) is 8.60. The number of aromatic nitrogens is 3. The highest BCUT2D eigenvalue weighted by molar-refractivity contribution is 5.98. The van der Waals surface area contributed by atoms with Crippen molar-refractivity contribution in [2.24, 2.45) is 0 Å². The molecule has 4 heteroatoms. The van der Waals surface area contributed by atoms with Gasteiger partial charge in [-0.25, -0.2) is 4.98 Å². The number of hydrogen-bond acceptors (Lipinski definition) is 3. The lowest BCUT2D eigenvalue weighted by atomic mass is 9.79. The zero-order valence-corrected chi connectivity index (χ0v) is 38.7. The van der Waals surface area contributed by atoms with Crippen molar-refractivity contribution in [2.75, 3.05) is 0 Å². The Bertz CT molecular complexity index is 3500. The number of phenolic OH excluding ortho intramolecular Hbond substituents is 1. The van der Waals surface area contributed by atoms with Crippen molar-refractivity contribution in [1.29, 1.82) is 0 Å². The maximum Gasteiger partial charge on any atom is 0.149 e. The van der Waals surface area contributed by atoms with Crippen LogP contribution >= 0.6 is 0 Å². The number of phenols is 1. The van der Waals surface area contributed by atoms with Crippen LogP contribution in [0.15, 0.2) is 170 Å². The van der Waals surface area contributed by atoms with Crippen LogP contribution in [0.5, 0.6) is 5.75 Å². The molecule has 7 aromatic carbocycles. The molecule has 0 aliphatic carbocycles. The number of hydrogen-bond donors (Lipinski definition) is 1. The molecule has 9 aromatic rings. The summed E-state index contributed by atoms with van der Waals surface area (Å²) in [4.78, 5) is 10.2. The molecule has 0 aliphatic rings. The second-order valence-electron chi connectivity index (χ2n) is 20.2. The molecule has 324 valence electrons. The quantitative estimate of drug-likeness (QED) is 0.174. The van der Waals surface area contributed by atoms with Crippen LogP contribution in [0.4, 0.5) is 0 Å². The van der Waals surface area contributed by atoms with Crippen LogP contribution in [0.1, 0.15) is 92.8 Å². The summed E-state index contributed by atoms with van der Waals surface area (Å²) in [7, 11) is 0. The molecule has 0 unspecified atom stereocenters. The fourth-order valence-corrected chi connectivity index (χ4v) is 8.60. The molecule has 2 heterocycles. The van der Waals surface area contributed by atoms with Crippen molar-refractivity contribution < 1.29 is 13.3 Å². The second kappa shape index (κ2) is 16.5. The minimum atomic E-state index is -2.41. The average Bonchev–Trinajstić information content (AvgIpc) is 3.71. The SMILES string of the molecule is [2H]c1nc(-c2cc(-c3ccccc3)cc(-c3cccc4c3nc(-c3cc(C(C)(C)C)cc(C(C)(C)C)c3O)n4-c3ccc(C(C)(C)C)cc3-c3ccccc3)c2)c([2H])c(-c2cccc(C([2H])([2H])[2H])c2)c1[2H]. The van der Waals surface area contributed by atoms with Gasteiger partial charge in [-0.05, 0) is 122 Å². The highest BCUT2D eigenvalue weighted by Crippen LogP contribution is 2.46. The van der Waals surface area contributed by atoms with Crippen LogP contribution in [0.3, 0.4) is 0 Å². The molecule has 0 fully saturated rings. The molecule has 2 aromatic heterocycles. The molecule has 65 heavy (non-hydrogen) atoms. The van der Waals surface area contributed by atoms with E-state index in [1.165, 1.54) is 17.7 Å². The molecule has 4 nitrogen and oxygen atoms in total. The Morgan fingerprint density at radius 3 is 1.86 bits per heavy atom. The van der Waals surface area contributed by atoms with E-state index in [0.717, 1.165) is 55.7 Å². The largest absolute Gasteiger partial charge is 0.507 e. The van der Waals surface area contributed by atoms with Crippen molar-refractivity contribution in [1.82, 2.24) is 14.5 Å². The summed E-state index contributed by atoms with van der Waals surface area (Å²) >= 11 is 0. The van der Waals surface area contributed by atoms with Gasteiger partial charge < -0.3 is 5.11 Å². The Labute approximate surface area is 393 Å². The second-order valence-corrected chi connectivity index (χ2v) is 20.2. The third kappa shape index (κ3) is 8.54. The Balaban J connectivity index is 1.38. The molecule has 0 bridgehead atoms. The summed E-state index contributed by atoms with van der Waals surface area (Å²) < 4.78 is 53.9. The Morgan fingerprint density at radius 1 is 0.523 bits per heavy atom. The number of nitrogens with zero attached hydrogens (tertiary/aromatic N) is 3. The van der Waals surface area contributed by atoms with Gasteiger partial charge in [0.1, 0.15) is 11.6 Å². The van der Waals surface area contributed by atoms with Crippen LogP contribution in [-0.4, -0.2) is 19.6 Å². The lowest BCUT2D eigenvalue weighted by Gasteiger charge is -2.28. The van der Waals surface area contributed by atoms with Crippen molar-refractivity contribution in [3.05, 3.63) is 192 Å². The molecule has 1 N–H and O–H groups in total. The first-order valence-corrected chi connectivity index (χ1v) is 22.3. The number of benzene rings is 7. The maximum absolute atomic E-state index is 12.6. The zero-order chi connectivity index (χ0) is 50.9. The first-order valence-electron chi connectivity index (χ1n) is 25.3. The highest BCUT2D eigenvalue weighted by Gasteiger charge is 2.30. The van der Waals surface area contributed by atoms with Crippen LogP contribution in [0.2, 0.25) is 0 Å². The molecule has 0 amide bonds. The van der Waals surface area contributed by atoms with Crippen LogP contribution < -0.4 is 0 Å². The number of pyridine rings is 1.